The van der Waals surface area contributed by atoms with Gasteiger partial charge in [-0.05, 0) is 0 Å². The van der Waals surface area contributed by atoms with Crippen molar-refractivity contribution in [1.82, 2.24) is 10.2 Å². The van der Waals surface area contributed by atoms with Crippen LogP contribution in [0.2, 0.25) is 0 Å². The molecule has 0 unspecified atom stereocenters. The Hall–Kier alpha value is -0.486. The Labute approximate surface area is 68.1 Å². The molecule has 0 fully saturated rings. The molecule has 1 aromatic heterocycles. The molecular formula is C3H3BMnN2O3. The van der Waals surface area contributed by atoms with Crippen molar-refractivity contribution >= 4 is 7.32 Å². The predicted molar refractivity (Wildman–Crippen MR) is 25.0 cm³/mol. The van der Waals surface area contributed by atoms with Crippen LogP contribution in [0.15, 0.2) is 12.3 Å². The Morgan fingerprint density at radius 1 is 1.60 bits per heavy atom. The van der Waals surface area contributed by atoms with Crippen LogP contribution in [0.3, 0.4) is 0 Å². The minimum absolute atomic E-state index is 0. The molecule has 7 heteroatoms. The Morgan fingerprint density at radius 2 is 2.30 bits per heavy atom. The van der Waals surface area contributed by atoms with Crippen LogP contribution >= 0.6 is 0 Å². The summed E-state index contributed by atoms with van der Waals surface area (Å²) in [4.78, 5) is 0. The largest absolute Gasteiger partial charge is 2.00 e. The zero-order chi connectivity index (χ0) is 6.69. The van der Waals surface area contributed by atoms with Crippen LogP contribution in [0, 0.1) is 0 Å². The summed E-state index contributed by atoms with van der Waals surface area (Å²) in [6.45, 7) is 0. The molecule has 0 bridgehead atoms. The maximum Gasteiger partial charge on any atom is 2.00 e. The van der Waals surface area contributed by atoms with E-state index in [4.69, 9.17) is 0 Å². The van der Waals surface area contributed by atoms with E-state index in [1.165, 1.54) is 12.3 Å². The van der Waals surface area contributed by atoms with Crippen molar-refractivity contribution in [2.45, 2.75) is 0 Å². The zero-order valence-electron chi connectivity index (χ0n) is 4.78. The average molecular weight is 181 g/mol. The second-order valence-corrected chi connectivity index (χ2v) is 1.32. The van der Waals surface area contributed by atoms with Crippen molar-refractivity contribution in [3.05, 3.63) is 12.3 Å². The number of rotatable bonds is 2. The van der Waals surface area contributed by atoms with Gasteiger partial charge in [0.15, 0.2) is 0 Å². The van der Waals surface area contributed by atoms with E-state index in [1.54, 1.807) is 0 Å². The molecule has 1 aromatic rings. The molecule has 0 aromatic carbocycles. The summed E-state index contributed by atoms with van der Waals surface area (Å²) in [5.41, 5.74) is 0. The third-order valence-corrected chi connectivity index (χ3v) is 0.692. The molecule has 0 spiro atoms. The molecule has 0 saturated heterocycles. The second kappa shape index (κ2) is 4.35. The van der Waals surface area contributed by atoms with Gasteiger partial charge in [-0.25, -0.2) is 0 Å². The van der Waals surface area contributed by atoms with E-state index < -0.39 is 7.32 Å². The molecule has 1 heterocycles. The minimum atomic E-state index is -2.30. The molecule has 0 saturated carbocycles. The summed E-state index contributed by atoms with van der Waals surface area (Å²) in [5, 5.41) is 25.3. The Kier molecular flexibility index (Phi) is 4.14. The number of hydrogen-bond acceptors (Lipinski definition) is 4. The molecule has 0 aliphatic rings. The van der Waals surface area contributed by atoms with Gasteiger partial charge in [0.1, 0.15) is 7.32 Å². The van der Waals surface area contributed by atoms with Crippen molar-refractivity contribution in [2.75, 3.05) is 0 Å². The van der Waals surface area contributed by atoms with E-state index in [0.717, 1.165) is 0 Å². The van der Waals surface area contributed by atoms with Gasteiger partial charge >= 0.3 is 17.1 Å². The van der Waals surface area contributed by atoms with Gasteiger partial charge in [0.05, 0.1) is 0 Å². The van der Waals surface area contributed by atoms with Crippen LogP contribution in [-0.4, -0.2) is 17.5 Å². The van der Waals surface area contributed by atoms with Crippen LogP contribution in [0.4, 0.5) is 0 Å². The summed E-state index contributed by atoms with van der Waals surface area (Å²) < 4.78 is 4.10. The first-order chi connectivity index (χ1) is 4.29. The third kappa shape index (κ3) is 2.88. The quantitative estimate of drug-likeness (QED) is 0.510. The van der Waals surface area contributed by atoms with Crippen LogP contribution in [0.1, 0.15) is 0 Å². The summed E-state index contributed by atoms with van der Waals surface area (Å²) in [6, 6.07) is 1.39. The number of H-pyrrole nitrogens is 1. The first-order valence-electron chi connectivity index (χ1n) is 2.27. The standard InChI is InChI=1S/C3H3BN2O3.Mn/c7-4(8)9-3-1-2-5-6-3;/h1-2H,(H,5,6);/q-2;+2. The SMILES string of the molecule is [Mn+2].[O-]B([O-])Oc1cc[nH]n1. The number of hydrogen-bond donors (Lipinski definition) is 1. The van der Waals surface area contributed by atoms with Gasteiger partial charge in [-0.3, -0.25) is 5.10 Å². The molecule has 0 aliphatic heterocycles. The van der Waals surface area contributed by atoms with Gasteiger partial charge in [0, 0.05) is 12.3 Å². The molecule has 0 atom stereocenters. The third-order valence-electron chi connectivity index (χ3n) is 0.692. The van der Waals surface area contributed by atoms with Gasteiger partial charge in [-0.2, -0.15) is 0 Å². The van der Waals surface area contributed by atoms with Gasteiger partial charge in [0.2, 0.25) is 5.88 Å². The maximum atomic E-state index is 9.76. The van der Waals surface area contributed by atoms with Crippen LogP contribution in [-0.2, 0) is 17.1 Å². The van der Waals surface area contributed by atoms with Crippen LogP contribution in [0.5, 0.6) is 5.88 Å². The van der Waals surface area contributed by atoms with Crippen molar-refractivity contribution in [3.8, 4) is 5.88 Å². The second-order valence-electron chi connectivity index (χ2n) is 1.32. The molecule has 0 aliphatic carbocycles. The molecule has 1 radical (unpaired) electrons. The summed E-state index contributed by atoms with van der Waals surface area (Å²) >= 11 is 0. The van der Waals surface area contributed by atoms with Gasteiger partial charge in [-0.1, -0.05) is 0 Å². The van der Waals surface area contributed by atoms with Crippen LogP contribution in [0.25, 0.3) is 0 Å². The maximum absolute atomic E-state index is 9.76. The fraction of sp³-hybridized carbons (Fsp3) is 0. The number of aromatic amines is 1. The molecule has 10 heavy (non-hydrogen) atoms. The molecular weight excluding hydrogens is 178 g/mol. The topological polar surface area (TPSA) is 84.0 Å². The molecule has 53 valence electrons. The van der Waals surface area contributed by atoms with E-state index in [2.05, 4.69) is 14.9 Å². The number of nitrogens with one attached hydrogen (secondary N) is 1. The Morgan fingerprint density at radius 3 is 2.70 bits per heavy atom. The first kappa shape index (κ1) is 9.51. The fourth-order valence-corrected chi connectivity index (χ4v) is 0.411. The normalized spacial score (nSPS) is 8.20. The Bertz CT molecular complexity index is 168. The van der Waals surface area contributed by atoms with E-state index in [9.17, 15) is 10.0 Å². The molecule has 0 amide bonds. The van der Waals surface area contributed by atoms with Crippen molar-refractivity contribution in [3.63, 3.8) is 0 Å². The fourth-order valence-electron chi connectivity index (χ4n) is 0.411. The smallest absolute Gasteiger partial charge is 0.860 e. The van der Waals surface area contributed by atoms with Gasteiger partial charge < -0.3 is 14.7 Å². The van der Waals surface area contributed by atoms with Crippen molar-refractivity contribution in [1.29, 1.82) is 0 Å². The summed E-state index contributed by atoms with van der Waals surface area (Å²) in [7, 11) is -2.30. The van der Waals surface area contributed by atoms with E-state index in [-0.39, 0.29) is 22.9 Å². The molecule has 1 rings (SSSR count). The van der Waals surface area contributed by atoms with Crippen molar-refractivity contribution < 1.29 is 31.8 Å². The monoisotopic (exact) mass is 181 g/mol. The zero-order valence-corrected chi connectivity index (χ0v) is 5.96. The van der Waals surface area contributed by atoms with Gasteiger partial charge in [0.25, 0.3) is 0 Å². The van der Waals surface area contributed by atoms with E-state index in [1.807, 2.05) is 0 Å². The van der Waals surface area contributed by atoms with Crippen molar-refractivity contribution in [2.24, 2.45) is 0 Å². The Balaban J connectivity index is 0.000000810. The molecule has 5 nitrogen and oxygen atoms in total. The predicted octanol–water partition coefficient (Wildman–Crippen LogP) is -2.51. The summed E-state index contributed by atoms with van der Waals surface area (Å²) in [6.07, 6.45) is 1.46. The van der Waals surface area contributed by atoms with E-state index >= 15 is 0 Å². The number of nitrogens with zero attached hydrogens (tertiary/aromatic N) is 1. The first-order valence-corrected chi connectivity index (χ1v) is 2.27. The number of aromatic nitrogens is 2. The summed E-state index contributed by atoms with van der Waals surface area (Å²) in [5.74, 6) is 0.0324. The van der Waals surface area contributed by atoms with Gasteiger partial charge in [-0.15, -0.1) is 5.10 Å². The molecule has 1 N–H and O–H groups in total. The van der Waals surface area contributed by atoms with E-state index in [0.29, 0.717) is 0 Å². The average Bonchev–Trinajstić information content (AvgIpc) is 2.15. The minimum Gasteiger partial charge on any atom is -0.860 e. The van der Waals surface area contributed by atoms with Crippen LogP contribution < -0.4 is 14.7 Å².